The second-order valence-electron chi connectivity index (χ2n) is 9.55. The molecule has 218 valence electrons. The fraction of sp³-hybridized carbons (Fsp3) is 0.188. The number of carbonyl (C=O) groups is 2. The van der Waals surface area contributed by atoms with Crippen molar-refractivity contribution in [2.45, 2.75) is 30.8 Å². The smallest absolute Gasteiger partial charge is 0.264 e. The van der Waals surface area contributed by atoms with E-state index in [1.807, 2.05) is 61.5 Å². The minimum Gasteiger partial charge on any atom is -0.355 e. The van der Waals surface area contributed by atoms with Gasteiger partial charge in [-0.05, 0) is 66.6 Å². The molecule has 0 radical (unpaired) electrons. The van der Waals surface area contributed by atoms with E-state index < -0.39 is 28.5 Å². The monoisotopic (exact) mass is 711 g/mol. The number of rotatable bonds is 12. The molecule has 42 heavy (non-hydrogen) atoms. The lowest BCUT2D eigenvalue weighted by molar-refractivity contribution is -0.140. The van der Waals surface area contributed by atoms with Crippen LogP contribution in [0, 0.1) is 0 Å². The molecule has 0 aliphatic heterocycles. The average Bonchev–Trinajstić information content (AvgIpc) is 2.99. The van der Waals surface area contributed by atoms with Crippen molar-refractivity contribution >= 4 is 59.4 Å². The molecule has 1 unspecified atom stereocenters. The molecule has 10 heteroatoms. The zero-order valence-electron chi connectivity index (χ0n) is 23.0. The molecule has 4 aromatic carbocycles. The fourth-order valence-corrected chi connectivity index (χ4v) is 6.68. The number of nitrogens with zero attached hydrogens (tertiary/aromatic N) is 2. The van der Waals surface area contributed by atoms with Crippen LogP contribution < -0.4 is 9.62 Å². The van der Waals surface area contributed by atoms with Gasteiger partial charge in [-0.25, -0.2) is 8.42 Å². The van der Waals surface area contributed by atoms with E-state index in [0.29, 0.717) is 12.2 Å². The number of hydrogen-bond donors (Lipinski definition) is 1. The molecular formula is C32H31Br2N3O4S. The maximum Gasteiger partial charge on any atom is 0.264 e. The van der Waals surface area contributed by atoms with Gasteiger partial charge in [-0.1, -0.05) is 92.5 Å². The van der Waals surface area contributed by atoms with E-state index in [2.05, 4.69) is 37.2 Å². The van der Waals surface area contributed by atoms with Gasteiger partial charge in [0.15, 0.2) is 0 Å². The molecule has 0 aromatic heterocycles. The number of nitrogens with one attached hydrogen (secondary N) is 1. The third-order valence-corrected chi connectivity index (χ3v) is 9.40. The van der Waals surface area contributed by atoms with Crippen molar-refractivity contribution in [3.63, 3.8) is 0 Å². The highest BCUT2D eigenvalue weighted by Gasteiger charge is 2.34. The van der Waals surface area contributed by atoms with Gasteiger partial charge in [-0.3, -0.25) is 13.9 Å². The van der Waals surface area contributed by atoms with Gasteiger partial charge in [0.05, 0.1) is 10.6 Å². The molecule has 0 fully saturated rings. The maximum atomic E-state index is 14.3. The molecule has 0 heterocycles. The summed E-state index contributed by atoms with van der Waals surface area (Å²) in [5.74, 6) is -0.824. The molecule has 4 aromatic rings. The van der Waals surface area contributed by atoms with Gasteiger partial charge in [-0.2, -0.15) is 0 Å². The second kappa shape index (κ2) is 14.6. The summed E-state index contributed by atoms with van der Waals surface area (Å²) in [5, 5.41) is 2.87. The predicted molar refractivity (Wildman–Crippen MR) is 172 cm³/mol. The van der Waals surface area contributed by atoms with Crippen LogP contribution in [0.25, 0.3) is 0 Å². The third-order valence-electron chi connectivity index (χ3n) is 6.59. The maximum absolute atomic E-state index is 14.3. The molecule has 0 saturated carbocycles. The molecule has 0 aliphatic rings. The lowest BCUT2D eigenvalue weighted by Gasteiger charge is -2.34. The number of sulfonamides is 1. The number of likely N-dealkylation sites (N-methyl/N-ethyl adjacent to an activating group) is 1. The number of hydrogen-bond acceptors (Lipinski definition) is 4. The third kappa shape index (κ3) is 8.08. The van der Waals surface area contributed by atoms with E-state index >= 15 is 0 Å². The van der Waals surface area contributed by atoms with Crippen molar-refractivity contribution in [3.8, 4) is 0 Å². The Balaban J connectivity index is 1.78. The first-order chi connectivity index (χ1) is 20.2. The molecular weight excluding hydrogens is 682 g/mol. The summed E-state index contributed by atoms with van der Waals surface area (Å²) in [7, 11) is -4.13. The summed E-state index contributed by atoms with van der Waals surface area (Å²) in [5.41, 5.74) is 2.00. The first kappa shape index (κ1) is 31.5. The van der Waals surface area contributed by atoms with E-state index in [1.54, 1.807) is 42.5 Å². The van der Waals surface area contributed by atoms with Crippen LogP contribution in [0.4, 0.5) is 5.69 Å². The van der Waals surface area contributed by atoms with Crippen molar-refractivity contribution in [1.29, 1.82) is 0 Å². The van der Waals surface area contributed by atoms with Crippen molar-refractivity contribution < 1.29 is 18.0 Å². The van der Waals surface area contributed by atoms with Gasteiger partial charge in [0.25, 0.3) is 10.0 Å². The molecule has 7 nitrogen and oxygen atoms in total. The Morgan fingerprint density at radius 2 is 1.40 bits per heavy atom. The summed E-state index contributed by atoms with van der Waals surface area (Å²) in [6.07, 6.45) is 0.260. The summed E-state index contributed by atoms with van der Waals surface area (Å²) < 4.78 is 30.6. The van der Waals surface area contributed by atoms with Crippen LogP contribution in [0.15, 0.2) is 123 Å². The van der Waals surface area contributed by atoms with Gasteiger partial charge >= 0.3 is 0 Å². The van der Waals surface area contributed by atoms with Crippen LogP contribution in [-0.2, 0) is 32.6 Å². The van der Waals surface area contributed by atoms with Gasteiger partial charge in [0, 0.05) is 28.5 Å². The lowest BCUT2D eigenvalue weighted by atomic mass is 10.0. The van der Waals surface area contributed by atoms with Crippen molar-refractivity contribution in [2.24, 2.45) is 0 Å². The van der Waals surface area contributed by atoms with Crippen LogP contribution >= 0.6 is 31.9 Å². The standard InChI is InChI=1S/C32H31Br2N3O4S/c1-2-35-32(39)30(21-24-10-5-3-6-11-24)36(22-25-12-9-13-27(34)20-25)31(38)23-37(28-18-16-26(33)17-19-28)42(40,41)29-14-7-4-8-15-29/h3-20,30H,2,21-23H2,1H3,(H,35,39). The van der Waals surface area contributed by atoms with Crippen molar-refractivity contribution in [3.05, 3.63) is 129 Å². The molecule has 1 N–H and O–H groups in total. The van der Waals surface area contributed by atoms with E-state index in [-0.39, 0.29) is 23.8 Å². The molecule has 0 spiro atoms. The van der Waals surface area contributed by atoms with Crippen LogP contribution in [0.1, 0.15) is 18.1 Å². The summed E-state index contributed by atoms with van der Waals surface area (Å²) in [4.78, 5) is 29.4. The zero-order chi connectivity index (χ0) is 30.1. The first-order valence-corrected chi connectivity index (χ1v) is 16.4. The van der Waals surface area contributed by atoms with E-state index in [0.717, 1.165) is 24.4 Å². The second-order valence-corrected chi connectivity index (χ2v) is 13.2. The van der Waals surface area contributed by atoms with E-state index in [9.17, 15) is 18.0 Å². The Morgan fingerprint density at radius 3 is 2.02 bits per heavy atom. The molecule has 0 aliphatic carbocycles. The minimum atomic E-state index is -4.13. The predicted octanol–water partition coefficient (Wildman–Crippen LogP) is 6.18. The molecule has 0 bridgehead atoms. The Morgan fingerprint density at radius 1 is 0.786 bits per heavy atom. The Bertz CT molecular complexity index is 1600. The zero-order valence-corrected chi connectivity index (χ0v) is 27.0. The van der Waals surface area contributed by atoms with Gasteiger partial charge < -0.3 is 10.2 Å². The largest absolute Gasteiger partial charge is 0.355 e. The Kier molecular flexibility index (Phi) is 11.0. The highest BCUT2D eigenvalue weighted by Crippen LogP contribution is 2.26. The SMILES string of the molecule is CCNC(=O)C(Cc1ccccc1)N(Cc1cccc(Br)c1)C(=O)CN(c1ccc(Br)cc1)S(=O)(=O)c1ccccc1. The number of halogens is 2. The molecule has 4 rings (SSSR count). The number of anilines is 1. The molecule has 1 atom stereocenters. The minimum absolute atomic E-state index is 0.0591. The fourth-order valence-electron chi connectivity index (χ4n) is 4.53. The molecule has 0 saturated heterocycles. The van der Waals surface area contributed by atoms with Gasteiger partial charge in [-0.15, -0.1) is 0 Å². The summed E-state index contributed by atoms with van der Waals surface area (Å²) in [6.45, 7) is 1.81. The van der Waals surface area contributed by atoms with E-state index in [4.69, 9.17) is 0 Å². The Hall–Kier alpha value is -3.47. The summed E-state index contributed by atoms with van der Waals surface area (Å²) in [6, 6.07) is 30.8. The van der Waals surface area contributed by atoms with Crippen LogP contribution in [-0.4, -0.2) is 44.3 Å². The van der Waals surface area contributed by atoms with Gasteiger partial charge in [0.2, 0.25) is 11.8 Å². The number of amides is 2. The average molecular weight is 713 g/mol. The van der Waals surface area contributed by atoms with Crippen LogP contribution in [0.5, 0.6) is 0 Å². The van der Waals surface area contributed by atoms with Crippen molar-refractivity contribution in [2.75, 3.05) is 17.4 Å². The number of carbonyl (C=O) groups excluding carboxylic acids is 2. The number of benzene rings is 4. The first-order valence-electron chi connectivity index (χ1n) is 13.4. The normalized spacial score (nSPS) is 11.9. The highest BCUT2D eigenvalue weighted by atomic mass is 79.9. The van der Waals surface area contributed by atoms with Gasteiger partial charge in [0.1, 0.15) is 12.6 Å². The van der Waals surface area contributed by atoms with Crippen LogP contribution in [0.2, 0.25) is 0 Å². The topological polar surface area (TPSA) is 86.8 Å². The molecule has 2 amide bonds. The Labute approximate surface area is 263 Å². The lowest BCUT2D eigenvalue weighted by Crippen LogP contribution is -2.53. The highest BCUT2D eigenvalue weighted by molar-refractivity contribution is 9.10. The van der Waals surface area contributed by atoms with Crippen molar-refractivity contribution in [1.82, 2.24) is 10.2 Å². The quantitative estimate of drug-likeness (QED) is 0.190. The van der Waals surface area contributed by atoms with E-state index in [1.165, 1.54) is 17.0 Å². The van der Waals surface area contributed by atoms with Crippen LogP contribution in [0.3, 0.4) is 0 Å². The summed E-state index contributed by atoms with van der Waals surface area (Å²) >= 11 is 6.89.